The molecule has 6 heteroatoms. The van der Waals surface area contributed by atoms with E-state index in [-0.39, 0.29) is 0 Å². The Morgan fingerprint density at radius 1 is 0.795 bits per heavy atom. The fourth-order valence-electron chi connectivity index (χ4n) is 7.52. The first-order chi connectivity index (χ1) is 18.8. The highest BCUT2D eigenvalue weighted by Crippen LogP contribution is 2.44. The lowest BCUT2D eigenvalue weighted by molar-refractivity contribution is 0.761. The third-order valence-corrected chi connectivity index (χ3v) is 15.8. The van der Waals surface area contributed by atoms with E-state index >= 15 is 0 Å². The molecule has 2 aromatic carbocycles. The third kappa shape index (κ3) is 4.08. The van der Waals surface area contributed by atoms with Crippen LogP contribution in [0.15, 0.2) is 73.3 Å². The van der Waals surface area contributed by atoms with Gasteiger partial charge in [0.2, 0.25) is 0 Å². The van der Waals surface area contributed by atoms with Crippen LogP contribution in [-0.2, 0) is 6.42 Å². The van der Waals surface area contributed by atoms with Crippen LogP contribution in [0.25, 0.3) is 33.1 Å². The summed E-state index contributed by atoms with van der Waals surface area (Å²) < 4.78 is 2.59. The number of aryl methyl sites for hydroxylation is 1. The molecule has 0 unspecified atom stereocenters. The quantitative estimate of drug-likeness (QED) is 0.205. The topological polar surface area (TPSA) is 46.8 Å². The number of anilines is 2. The first-order valence-corrected chi connectivity index (χ1v) is 16.6. The lowest BCUT2D eigenvalue weighted by Crippen LogP contribution is -2.51. The molecule has 5 aromatic rings. The molecule has 0 spiro atoms. The molecule has 39 heavy (non-hydrogen) atoms. The molecule has 0 bridgehead atoms. The number of aromatic nitrogens is 4. The maximum absolute atomic E-state index is 5.11. The van der Waals surface area contributed by atoms with Gasteiger partial charge in [-0.05, 0) is 77.1 Å². The highest BCUT2D eigenvalue weighted by Gasteiger charge is 2.46. The number of pyridine rings is 1. The van der Waals surface area contributed by atoms with Crippen LogP contribution in [0.2, 0.25) is 16.6 Å². The third-order valence-electron chi connectivity index (χ3n) is 9.03. The maximum atomic E-state index is 5.11. The summed E-state index contributed by atoms with van der Waals surface area (Å²) in [5.41, 5.74) is 8.86. The Bertz CT molecular complexity index is 1630. The Balaban J connectivity index is 1.45. The van der Waals surface area contributed by atoms with Gasteiger partial charge >= 0.3 is 0 Å². The first-order valence-electron chi connectivity index (χ1n) is 14.4. The van der Waals surface area contributed by atoms with Gasteiger partial charge in [-0.3, -0.25) is 0 Å². The van der Waals surface area contributed by atoms with Gasteiger partial charge in [-0.15, -0.1) is 0 Å². The normalized spacial score (nSPS) is 14.2. The average Bonchev–Trinajstić information content (AvgIpc) is 3.35. The molecule has 0 amide bonds. The first kappa shape index (κ1) is 25.7. The molecule has 3 aromatic heterocycles. The second-order valence-corrected chi connectivity index (χ2v) is 17.7. The minimum absolute atomic E-state index is 0.619. The van der Waals surface area contributed by atoms with Gasteiger partial charge in [-0.1, -0.05) is 65.8 Å². The van der Waals surface area contributed by atoms with Crippen LogP contribution in [-0.4, -0.2) is 34.0 Å². The number of para-hydroxylation sites is 1. The predicted octanol–water partition coefficient (Wildman–Crippen LogP) is 8.75. The summed E-state index contributed by atoms with van der Waals surface area (Å²) in [7, 11) is -1.87. The molecule has 1 aliphatic rings. The number of hydrogen-bond acceptors (Lipinski definition) is 4. The monoisotopic (exact) mass is 533 g/mol. The van der Waals surface area contributed by atoms with E-state index in [0.717, 1.165) is 52.9 Å². The predicted molar refractivity (Wildman–Crippen MR) is 166 cm³/mol. The highest BCUT2D eigenvalue weighted by molar-refractivity contribution is 6.82. The van der Waals surface area contributed by atoms with Gasteiger partial charge in [-0.25, -0.2) is 15.0 Å². The van der Waals surface area contributed by atoms with Crippen LogP contribution in [0.5, 0.6) is 0 Å². The fourth-order valence-corrected chi connectivity index (χ4v) is 14.1. The molecule has 0 fully saturated rings. The number of rotatable bonds is 6. The van der Waals surface area contributed by atoms with Crippen molar-refractivity contribution < 1.29 is 0 Å². The van der Waals surface area contributed by atoms with Crippen molar-refractivity contribution in [3.8, 4) is 11.1 Å². The number of nitrogens with zero attached hydrogens (tertiary/aromatic N) is 5. The van der Waals surface area contributed by atoms with Gasteiger partial charge in [0.05, 0.1) is 5.52 Å². The summed E-state index contributed by atoms with van der Waals surface area (Å²) in [5.74, 6) is 0.982. The molecular formula is C33H39N5Si. The summed E-state index contributed by atoms with van der Waals surface area (Å²) in [4.78, 5) is 16.9. The molecule has 200 valence electrons. The molecule has 0 atom stereocenters. The van der Waals surface area contributed by atoms with Gasteiger partial charge in [0.25, 0.3) is 0 Å². The molecule has 0 N–H and O–H groups in total. The van der Waals surface area contributed by atoms with Crippen molar-refractivity contribution in [2.75, 3.05) is 11.4 Å². The zero-order valence-electron chi connectivity index (χ0n) is 24.0. The van der Waals surface area contributed by atoms with E-state index in [1.807, 2.05) is 0 Å². The van der Waals surface area contributed by atoms with E-state index in [9.17, 15) is 0 Å². The fraction of sp³-hybridized carbons (Fsp3) is 0.364. The Labute approximate surface area is 233 Å². The highest BCUT2D eigenvalue weighted by atomic mass is 28.3. The van der Waals surface area contributed by atoms with Crippen LogP contribution in [0, 0.1) is 0 Å². The molecule has 0 saturated heterocycles. The minimum Gasteiger partial charge on any atom is -0.359 e. The van der Waals surface area contributed by atoms with E-state index < -0.39 is 8.24 Å². The lowest BCUT2D eigenvalue weighted by atomic mass is 10.0. The largest absolute Gasteiger partial charge is 0.359 e. The van der Waals surface area contributed by atoms with Crippen molar-refractivity contribution in [1.29, 1.82) is 0 Å². The van der Waals surface area contributed by atoms with Crippen molar-refractivity contribution in [3.05, 3.63) is 78.9 Å². The van der Waals surface area contributed by atoms with E-state index in [0.29, 0.717) is 16.6 Å². The maximum Gasteiger partial charge on any atom is 0.171 e. The summed E-state index contributed by atoms with van der Waals surface area (Å²) in [6.07, 6.45) is 8.29. The summed E-state index contributed by atoms with van der Waals surface area (Å²) >= 11 is 0. The van der Waals surface area contributed by atoms with Crippen LogP contribution >= 0.6 is 0 Å². The van der Waals surface area contributed by atoms with Crippen LogP contribution in [0.1, 0.15) is 53.5 Å². The smallest absolute Gasteiger partial charge is 0.171 e. The zero-order valence-corrected chi connectivity index (χ0v) is 25.0. The molecule has 6 rings (SSSR count). The lowest BCUT2D eigenvalue weighted by Gasteiger charge is -2.44. The second kappa shape index (κ2) is 9.90. The van der Waals surface area contributed by atoms with Gasteiger partial charge < -0.3 is 9.13 Å². The Kier molecular flexibility index (Phi) is 6.54. The van der Waals surface area contributed by atoms with Gasteiger partial charge in [0, 0.05) is 34.8 Å². The number of benzene rings is 2. The minimum atomic E-state index is -1.87. The molecular weight excluding hydrogens is 494 g/mol. The molecule has 0 aliphatic carbocycles. The number of hydrogen-bond donors (Lipinski definition) is 0. The van der Waals surface area contributed by atoms with Crippen LogP contribution in [0.4, 0.5) is 11.5 Å². The van der Waals surface area contributed by atoms with Crippen LogP contribution < -0.4 is 4.90 Å². The Hall–Kier alpha value is -3.51. The summed E-state index contributed by atoms with van der Waals surface area (Å²) in [6.45, 7) is 15.4. The van der Waals surface area contributed by atoms with E-state index in [4.69, 9.17) is 9.97 Å². The molecule has 0 saturated carbocycles. The van der Waals surface area contributed by atoms with Gasteiger partial charge in [-0.2, -0.15) is 0 Å². The molecule has 0 radical (unpaired) electrons. The van der Waals surface area contributed by atoms with E-state index in [2.05, 4.69) is 123 Å². The van der Waals surface area contributed by atoms with Crippen molar-refractivity contribution in [1.82, 2.24) is 19.2 Å². The van der Waals surface area contributed by atoms with E-state index in [1.165, 1.54) is 16.6 Å². The SMILES string of the molecule is CC(C)[Si](C(C)C)(C(C)C)n1ccc2cc(-c3ccc4ncnc(N5CCCc6ccccc65)c4c3)cnc21. The Morgan fingerprint density at radius 3 is 2.33 bits per heavy atom. The number of fused-ring (bicyclic) bond motifs is 3. The van der Waals surface area contributed by atoms with Crippen molar-refractivity contribution in [2.45, 2.75) is 71.0 Å². The van der Waals surface area contributed by atoms with Crippen molar-refractivity contribution >= 4 is 41.7 Å². The standard InChI is InChI=1S/C33H39N5Si/c1-22(2)39(23(3)4,24(5)6)38-17-15-27-18-28(20-34-32(27)38)26-13-14-30-29(19-26)33(36-21-35-30)37-16-9-11-25-10-7-8-12-31(25)37/h7-8,10,12-15,17-24H,9,11,16H2,1-6H3. The van der Waals surface area contributed by atoms with Crippen LogP contribution in [0.3, 0.4) is 0 Å². The van der Waals surface area contributed by atoms with Crippen molar-refractivity contribution in [3.63, 3.8) is 0 Å². The van der Waals surface area contributed by atoms with Crippen molar-refractivity contribution in [2.24, 2.45) is 0 Å². The summed E-state index contributed by atoms with van der Waals surface area (Å²) in [5, 5.41) is 2.29. The van der Waals surface area contributed by atoms with E-state index in [1.54, 1.807) is 6.33 Å². The Morgan fingerprint density at radius 2 is 1.56 bits per heavy atom. The summed E-state index contributed by atoms with van der Waals surface area (Å²) in [6, 6.07) is 19.8. The zero-order chi connectivity index (χ0) is 27.3. The molecule has 4 heterocycles. The second-order valence-electron chi connectivity index (χ2n) is 12.0. The molecule has 5 nitrogen and oxygen atoms in total. The molecule has 1 aliphatic heterocycles. The average molecular weight is 534 g/mol. The van der Waals surface area contributed by atoms with Gasteiger partial charge in [0.1, 0.15) is 17.8 Å². The van der Waals surface area contributed by atoms with Gasteiger partial charge in [0.15, 0.2) is 8.24 Å².